The van der Waals surface area contributed by atoms with E-state index in [2.05, 4.69) is 6.07 Å². The Morgan fingerprint density at radius 1 is 1.28 bits per heavy atom. The molecule has 0 aromatic heterocycles. The van der Waals surface area contributed by atoms with Crippen molar-refractivity contribution in [1.82, 2.24) is 0 Å². The lowest BCUT2D eigenvalue weighted by atomic mass is 10.1. The molecular formula is C14H19NO3. The van der Waals surface area contributed by atoms with Crippen LogP contribution in [-0.4, -0.2) is 26.2 Å². The summed E-state index contributed by atoms with van der Waals surface area (Å²) in [5, 5.41) is 7.42. The summed E-state index contributed by atoms with van der Waals surface area (Å²) in [5.41, 5.74) is 1.21. The van der Waals surface area contributed by atoms with Gasteiger partial charge in [-0.2, -0.15) is 0 Å². The molecule has 0 radical (unpaired) electrons. The molecule has 1 N–H and O–H groups in total. The zero-order valence-electron chi connectivity index (χ0n) is 10.7. The van der Waals surface area contributed by atoms with Crippen molar-refractivity contribution < 1.29 is 14.2 Å². The summed E-state index contributed by atoms with van der Waals surface area (Å²) >= 11 is 0. The van der Waals surface area contributed by atoms with Crippen molar-refractivity contribution in [2.75, 3.05) is 20.3 Å². The van der Waals surface area contributed by atoms with E-state index in [1.54, 1.807) is 0 Å². The second-order valence-corrected chi connectivity index (χ2v) is 4.31. The molecule has 4 nitrogen and oxygen atoms in total. The van der Waals surface area contributed by atoms with E-state index in [-0.39, 0.29) is 0 Å². The Kier molecular flexibility index (Phi) is 4.45. The van der Waals surface area contributed by atoms with Crippen molar-refractivity contribution >= 4 is 5.90 Å². The number of ether oxygens (including phenoxy) is 3. The lowest BCUT2D eigenvalue weighted by molar-refractivity contribution is 0.297. The van der Waals surface area contributed by atoms with Gasteiger partial charge in [0.05, 0.1) is 20.3 Å². The van der Waals surface area contributed by atoms with Crippen LogP contribution in [0.3, 0.4) is 0 Å². The van der Waals surface area contributed by atoms with E-state index in [9.17, 15) is 0 Å². The van der Waals surface area contributed by atoms with Crippen LogP contribution in [0.2, 0.25) is 0 Å². The first-order chi connectivity index (χ1) is 8.79. The van der Waals surface area contributed by atoms with Crippen LogP contribution in [0.5, 0.6) is 11.5 Å². The van der Waals surface area contributed by atoms with Gasteiger partial charge in [-0.25, -0.2) is 0 Å². The Labute approximate surface area is 107 Å². The van der Waals surface area contributed by atoms with Crippen LogP contribution in [-0.2, 0) is 11.2 Å². The minimum absolute atomic E-state index is 0.337. The molecule has 0 amide bonds. The van der Waals surface area contributed by atoms with E-state index in [0.29, 0.717) is 18.9 Å². The molecule has 1 aliphatic rings. The summed E-state index contributed by atoms with van der Waals surface area (Å²) in [5.74, 6) is 2.01. The highest BCUT2D eigenvalue weighted by molar-refractivity contribution is 5.72. The van der Waals surface area contributed by atoms with Crippen LogP contribution >= 0.6 is 0 Å². The van der Waals surface area contributed by atoms with Crippen LogP contribution in [0.25, 0.3) is 0 Å². The second kappa shape index (κ2) is 6.28. The molecule has 98 valence electrons. The summed E-state index contributed by atoms with van der Waals surface area (Å²) in [6, 6.07) is 6.07. The molecule has 0 saturated carbocycles. The third kappa shape index (κ3) is 3.39. The molecule has 1 aliphatic heterocycles. The molecular weight excluding hydrogens is 230 g/mol. The Bertz CT molecular complexity index is 418. The van der Waals surface area contributed by atoms with E-state index in [0.717, 1.165) is 37.4 Å². The van der Waals surface area contributed by atoms with Crippen LogP contribution in [0.1, 0.15) is 24.8 Å². The quantitative estimate of drug-likeness (QED) is 0.659. The Morgan fingerprint density at radius 2 is 2.06 bits per heavy atom. The fourth-order valence-corrected chi connectivity index (χ4v) is 1.92. The number of hydrogen-bond acceptors (Lipinski definition) is 4. The van der Waals surface area contributed by atoms with Crippen molar-refractivity contribution in [1.29, 1.82) is 5.41 Å². The summed E-state index contributed by atoms with van der Waals surface area (Å²) < 4.78 is 16.1. The van der Waals surface area contributed by atoms with Crippen LogP contribution in [0.15, 0.2) is 18.2 Å². The topological polar surface area (TPSA) is 51.5 Å². The lowest BCUT2D eigenvalue weighted by Gasteiger charge is -2.09. The largest absolute Gasteiger partial charge is 0.490 e. The number of nitrogens with one attached hydrogen (secondary N) is 1. The lowest BCUT2D eigenvalue weighted by Crippen LogP contribution is -2.00. The van der Waals surface area contributed by atoms with Gasteiger partial charge in [-0.1, -0.05) is 6.07 Å². The maximum Gasteiger partial charge on any atom is 0.180 e. The standard InChI is InChI=1S/C14H19NO3/c1-16-14(15)5-2-4-11-6-7-12-13(10-11)18-9-3-8-17-12/h6-7,10,15H,2-5,8-9H2,1H3. The van der Waals surface area contributed by atoms with Crippen LogP contribution in [0.4, 0.5) is 0 Å². The Morgan fingerprint density at radius 3 is 2.83 bits per heavy atom. The Hall–Kier alpha value is -1.71. The molecule has 1 heterocycles. The molecule has 0 atom stereocenters. The zero-order valence-corrected chi connectivity index (χ0v) is 10.7. The summed E-state index contributed by atoms with van der Waals surface area (Å²) in [7, 11) is 1.54. The second-order valence-electron chi connectivity index (χ2n) is 4.31. The van der Waals surface area contributed by atoms with E-state index in [1.165, 1.54) is 12.7 Å². The van der Waals surface area contributed by atoms with Crippen molar-refractivity contribution in [3.63, 3.8) is 0 Å². The first-order valence-corrected chi connectivity index (χ1v) is 6.29. The SMILES string of the molecule is COC(=N)CCCc1ccc2c(c1)OCCCO2. The molecule has 0 saturated heterocycles. The summed E-state index contributed by atoms with van der Waals surface area (Å²) in [6.45, 7) is 1.43. The van der Waals surface area contributed by atoms with Crippen LogP contribution in [0, 0.1) is 5.41 Å². The third-order valence-electron chi connectivity index (χ3n) is 2.93. The van der Waals surface area contributed by atoms with Gasteiger partial charge in [0.15, 0.2) is 17.4 Å². The maximum absolute atomic E-state index is 7.42. The summed E-state index contributed by atoms with van der Waals surface area (Å²) in [4.78, 5) is 0. The minimum Gasteiger partial charge on any atom is -0.490 e. The highest BCUT2D eigenvalue weighted by atomic mass is 16.5. The predicted molar refractivity (Wildman–Crippen MR) is 69.7 cm³/mol. The molecule has 0 aliphatic carbocycles. The maximum atomic E-state index is 7.42. The van der Waals surface area contributed by atoms with E-state index in [1.807, 2.05) is 12.1 Å². The summed E-state index contributed by atoms with van der Waals surface area (Å²) in [6.07, 6.45) is 3.43. The first kappa shape index (κ1) is 12.7. The highest BCUT2D eigenvalue weighted by Gasteiger charge is 2.10. The molecule has 0 unspecified atom stereocenters. The van der Waals surface area contributed by atoms with Crippen molar-refractivity contribution in [2.45, 2.75) is 25.7 Å². The third-order valence-corrected chi connectivity index (χ3v) is 2.93. The van der Waals surface area contributed by atoms with Gasteiger partial charge < -0.3 is 14.2 Å². The molecule has 0 bridgehead atoms. The molecule has 2 rings (SSSR count). The number of benzene rings is 1. The molecule has 1 aromatic carbocycles. The Balaban J connectivity index is 1.93. The van der Waals surface area contributed by atoms with Gasteiger partial charge in [-0.3, -0.25) is 5.41 Å². The zero-order chi connectivity index (χ0) is 12.8. The number of aryl methyl sites for hydroxylation is 1. The monoisotopic (exact) mass is 249 g/mol. The number of fused-ring (bicyclic) bond motifs is 1. The van der Waals surface area contributed by atoms with E-state index >= 15 is 0 Å². The molecule has 18 heavy (non-hydrogen) atoms. The molecule has 0 spiro atoms. The fraction of sp³-hybridized carbons (Fsp3) is 0.500. The highest BCUT2D eigenvalue weighted by Crippen LogP contribution is 2.30. The van der Waals surface area contributed by atoms with Gasteiger partial charge in [0.25, 0.3) is 0 Å². The first-order valence-electron chi connectivity index (χ1n) is 6.29. The van der Waals surface area contributed by atoms with Gasteiger partial charge in [0, 0.05) is 12.8 Å². The van der Waals surface area contributed by atoms with Gasteiger partial charge in [0.1, 0.15) is 0 Å². The van der Waals surface area contributed by atoms with Gasteiger partial charge in [0.2, 0.25) is 0 Å². The van der Waals surface area contributed by atoms with Gasteiger partial charge >= 0.3 is 0 Å². The predicted octanol–water partition coefficient (Wildman–Crippen LogP) is 2.79. The fourth-order valence-electron chi connectivity index (χ4n) is 1.92. The van der Waals surface area contributed by atoms with Crippen molar-refractivity contribution in [3.05, 3.63) is 23.8 Å². The number of methoxy groups -OCH3 is 1. The number of hydrogen-bond donors (Lipinski definition) is 1. The normalized spacial score (nSPS) is 13.8. The molecule has 0 fully saturated rings. The van der Waals surface area contributed by atoms with Crippen molar-refractivity contribution in [2.24, 2.45) is 0 Å². The smallest absolute Gasteiger partial charge is 0.180 e. The molecule has 1 aromatic rings. The number of rotatable bonds is 4. The van der Waals surface area contributed by atoms with Gasteiger partial charge in [-0.15, -0.1) is 0 Å². The van der Waals surface area contributed by atoms with E-state index in [4.69, 9.17) is 19.6 Å². The minimum atomic E-state index is 0.337. The molecule has 4 heteroatoms. The van der Waals surface area contributed by atoms with Gasteiger partial charge in [-0.05, 0) is 30.5 Å². The van der Waals surface area contributed by atoms with Crippen LogP contribution < -0.4 is 9.47 Å². The average molecular weight is 249 g/mol. The van der Waals surface area contributed by atoms with Crippen molar-refractivity contribution in [3.8, 4) is 11.5 Å². The average Bonchev–Trinajstić information content (AvgIpc) is 2.63. The van der Waals surface area contributed by atoms with E-state index < -0.39 is 0 Å².